The van der Waals surface area contributed by atoms with Crippen LogP contribution in [0.4, 0.5) is 0 Å². The second kappa shape index (κ2) is 5.43. The van der Waals surface area contributed by atoms with Crippen molar-refractivity contribution in [3.8, 4) is 23.8 Å². The predicted octanol–water partition coefficient (Wildman–Crippen LogP) is 0.935. The third-order valence-corrected chi connectivity index (χ3v) is 2.52. The molecule has 0 radical (unpaired) electrons. The summed E-state index contributed by atoms with van der Waals surface area (Å²) in [5, 5.41) is 8.79. The van der Waals surface area contributed by atoms with Gasteiger partial charge in [0.05, 0.1) is 13.1 Å². The van der Waals surface area contributed by atoms with Gasteiger partial charge in [-0.1, -0.05) is 12.0 Å². The Labute approximate surface area is 105 Å². The first kappa shape index (κ1) is 12.3. The van der Waals surface area contributed by atoms with E-state index in [4.69, 9.17) is 21.0 Å². The number of fused-ring (bicyclic) bond motifs is 1. The highest BCUT2D eigenvalue weighted by Crippen LogP contribution is 2.32. The molecule has 18 heavy (non-hydrogen) atoms. The summed E-state index contributed by atoms with van der Waals surface area (Å²) in [7, 11) is 0. The number of hydrogen-bond acceptors (Lipinski definition) is 4. The molecule has 0 aliphatic carbocycles. The number of aliphatic carboxylic acids is 1. The van der Waals surface area contributed by atoms with Gasteiger partial charge in [-0.25, -0.2) is 0 Å². The molecule has 2 rings (SSSR count). The molecule has 5 heteroatoms. The molecule has 1 aliphatic rings. The van der Waals surface area contributed by atoms with Gasteiger partial charge in [-0.05, 0) is 17.7 Å². The van der Waals surface area contributed by atoms with Crippen LogP contribution in [-0.2, 0) is 11.3 Å². The van der Waals surface area contributed by atoms with Gasteiger partial charge in [-0.2, -0.15) is 0 Å². The van der Waals surface area contributed by atoms with Gasteiger partial charge in [0.15, 0.2) is 11.5 Å². The molecule has 5 nitrogen and oxygen atoms in total. The highest BCUT2D eigenvalue weighted by atomic mass is 16.7. The lowest BCUT2D eigenvalue weighted by Gasteiger charge is -2.17. The maximum absolute atomic E-state index is 10.7. The van der Waals surface area contributed by atoms with Crippen molar-refractivity contribution in [1.82, 2.24) is 4.90 Å². The number of benzene rings is 1. The van der Waals surface area contributed by atoms with Gasteiger partial charge in [-0.3, -0.25) is 9.69 Å². The summed E-state index contributed by atoms with van der Waals surface area (Å²) in [6.45, 7) is 0.897. The van der Waals surface area contributed by atoms with Crippen LogP contribution in [0.15, 0.2) is 18.2 Å². The molecule has 0 saturated carbocycles. The highest BCUT2D eigenvalue weighted by Gasteiger charge is 2.15. The van der Waals surface area contributed by atoms with E-state index >= 15 is 0 Å². The minimum absolute atomic E-state index is 0.0847. The Hall–Kier alpha value is -2.19. The average Bonchev–Trinajstić information content (AvgIpc) is 2.75. The first-order valence-corrected chi connectivity index (χ1v) is 5.45. The van der Waals surface area contributed by atoms with Crippen molar-refractivity contribution in [2.24, 2.45) is 0 Å². The van der Waals surface area contributed by atoms with Crippen LogP contribution in [0.5, 0.6) is 11.5 Å². The average molecular weight is 247 g/mol. The van der Waals surface area contributed by atoms with Crippen LogP contribution in [-0.4, -0.2) is 35.9 Å². The number of carboxylic acid groups (broad SMARTS) is 1. The summed E-state index contributed by atoms with van der Waals surface area (Å²) < 4.78 is 10.5. The number of carboxylic acids is 1. The van der Waals surface area contributed by atoms with E-state index in [-0.39, 0.29) is 13.3 Å². The smallest absolute Gasteiger partial charge is 0.317 e. The highest BCUT2D eigenvalue weighted by molar-refractivity contribution is 5.69. The normalized spacial score (nSPS) is 12.4. The molecule has 94 valence electrons. The van der Waals surface area contributed by atoms with E-state index in [0.29, 0.717) is 24.6 Å². The zero-order chi connectivity index (χ0) is 13.0. The topological polar surface area (TPSA) is 59.0 Å². The maximum atomic E-state index is 10.7. The third kappa shape index (κ3) is 2.93. The molecule has 1 aliphatic heterocycles. The number of rotatable bonds is 5. The van der Waals surface area contributed by atoms with Gasteiger partial charge in [-0.15, -0.1) is 6.42 Å². The third-order valence-electron chi connectivity index (χ3n) is 2.52. The van der Waals surface area contributed by atoms with Crippen LogP contribution in [0.2, 0.25) is 0 Å². The number of ether oxygens (including phenoxy) is 2. The zero-order valence-corrected chi connectivity index (χ0v) is 9.76. The van der Waals surface area contributed by atoms with E-state index < -0.39 is 5.97 Å². The predicted molar refractivity (Wildman–Crippen MR) is 64.3 cm³/mol. The number of carbonyl (C=O) groups is 1. The van der Waals surface area contributed by atoms with E-state index in [0.717, 1.165) is 5.56 Å². The molecule has 1 heterocycles. The molecule has 0 fully saturated rings. The minimum Gasteiger partial charge on any atom is -0.480 e. The first-order valence-electron chi connectivity index (χ1n) is 5.45. The summed E-state index contributed by atoms with van der Waals surface area (Å²) >= 11 is 0. The SMILES string of the molecule is C#CCN(CC(=O)O)Cc1ccc2c(c1)OCO2. The van der Waals surface area contributed by atoms with Crippen LogP contribution >= 0.6 is 0 Å². The molecular weight excluding hydrogens is 234 g/mol. The van der Waals surface area contributed by atoms with Crippen molar-refractivity contribution in [1.29, 1.82) is 0 Å². The van der Waals surface area contributed by atoms with Crippen molar-refractivity contribution >= 4 is 5.97 Å². The van der Waals surface area contributed by atoms with Crippen molar-refractivity contribution < 1.29 is 19.4 Å². The van der Waals surface area contributed by atoms with Gasteiger partial charge < -0.3 is 14.6 Å². The van der Waals surface area contributed by atoms with Gasteiger partial charge in [0, 0.05) is 6.54 Å². The molecule has 0 saturated heterocycles. The van der Waals surface area contributed by atoms with E-state index in [9.17, 15) is 4.79 Å². The van der Waals surface area contributed by atoms with Crippen LogP contribution in [0.25, 0.3) is 0 Å². The Balaban J connectivity index is 2.06. The maximum Gasteiger partial charge on any atom is 0.317 e. The standard InChI is InChI=1S/C13H13NO4/c1-2-5-14(8-13(15)16)7-10-3-4-11-12(6-10)18-9-17-11/h1,3-4,6H,5,7-9H2,(H,15,16). The summed E-state index contributed by atoms with van der Waals surface area (Å²) in [5.41, 5.74) is 0.941. The molecular formula is C13H13NO4. The van der Waals surface area contributed by atoms with Gasteiger partial charge in [0.2, 0.25) is 6.79 Å². The largest absolute Gasteiger partial charge is 0.480 e. The van der Waals surface area contributed by atoms with Gasteiger partial charge in [0.25, 0.3) is 0 Å². The van der Waals surface area contributed by atoms with Gasteiger partial charge >= 0.3 is 5.97 Å². The van der Waals surface area contributed by atoms with Crippen molar-refractivity contribution in [3.05, 3.63) is 23.8 Å². The Morgan fingerprint density at radius 2 is 2.22 bits per heavy atom. The molecule has 1 N–H and O–H groups in total. The molecule has 1 aromatic rings. The van der Waals surface area contributed by atoms with Gasteiger partial charge in [0.1, 0.15) is 0 Å². The Morgan fingerprint density at radius 3 is 2.94 bits per heavy atom. The molecule has 0 atom stereocenters. The lowest BCUT2D eigenvalue weighted by Crippen LogP contribution is -2.29. The first-order chi connectivity index (χ1) is 8.69. The summed E-state index contributed by atoms with van der Waals surface area (Å²) in [6.07, 6.45) is 5.22. The second-order valence-corrected chi connectivity index (χ2v) is 3.93. The zero-order valence-electron chi connectivity index (χ0n) is 9.76. The van der Waals surface area contributed by atoms with Crippen molar-refractivity contribution in [3.63, 3.8) is 0 Å². The minimum atomic E-state index is -0.897. The van der Waals surface area contributed by atoms with Crippen LogP contribution in [0, 0.1) is 12.3 Å². The Bertz CT molecular complexity index is 492. The van der Waals surface area contributed by atoms with Crippen LogP contribution < -0.4 is 9.47 Å². The lowest BCUT2D eigenvalue weighted by molar-refractivity contribution is -0.138. The van der Waals surface area contributed by atoms with Crippen molar-refractivity contribution in [2.75, 3.05) is 19.9 Å². The van der Waals surface area contributed by atoms with Crippen molar-refractivity contribution in [2.45, 2.75) is 6.54 Å². The van der Waals surface area contributed by atoms with E-state index in [2.05, 4.69) is 5.92 Å². The number of hydrogen-bond donors (Lipinski definition) is 1. The molecule has 0 spiro atoms. The number of nitrogens with zero attached hydrogens (tertiary/aromatic N) is 1. The fourth-order valence-electron chi connectivity index (χ4n) is 1.79. The van der Waals surface area contributed by atoms with Crippen LogP contribution in [0.1, 0.15) is 5.56 Å². The van der Waals surface area contributed by atoms with Crippen LogP contribution in [0.3, 0.4) is 0 Å². The summed E-state index contributed by atoms with van der Waals surface area (Å²) in [5.74, 6) is 2.95. The lowest BCUT2D eigenvalue weighted by atomic mass is 10.2. The molecule has 0 bridgehead atoms. The summed E-state index contributed by atoms with van der Waals surface area (Å²) in [4.78, 5) is 12.4. The second-order valence-electron chi connectivity index (χ2n) is 3.93. The Kier molecular flexibility index (Phi) is 3.70. The van der Waals surface area contributed by atoms with E-state index in [1.54, 1.807) is 4.90 Å². The number of terminal acetylenes is 1. The molecule has 1 aromatic carbocycles. The molecule has 0 aromatic heterocycles. The monoisotopic (exact) mass is 247 g/mol. The Morgan fingerprint density at radius 1 is 1.44 bits per heavy atom. The quantitative estimate of drug-likeness (QED) is 0.784. The fraction of sp³-hybridized carbons (Fsp3) is 0.308. The molecule has 0 amide bonds. The van der Waals surface area contributed by atoms with E-state index in [1.165, 1.54) is 0 Å². The molecule has 0 unspecified atom stereocenters. The summed E-state index contributed by atoms with van der Waals surface area (Å²) in [6, 6.07) is 5.53. The fourth-order valence-corrected chi connectivity index (χ4v) is 1.79. The van der Waals surface area contributed by atoms with E-state index in [1.807, 2.05) is 18.2 Å².